The van der Waals surface area contributed by atoms with Crippen molar-refractivity contribution in [2.75, 3.05) is 7.11 Å². The Morgan fingerprint density at radius 1 is 1.26 bits per heavy atom. The van der Waals surface area contributed by atoms with Crippen molar-refractivity contribution in [2.24, 2.45) is 0 Å². The summed E-state index contributed by atoms with van der Waals surface area (Å²) in [6, 6.07) is 12.2. The molecule has 2 aromatic rings. The molecular formula is C19H14ClNO6. The van der Waals surface area contributed by atoms with E-state index in [1.54, 1.807) is 12.1 Å². The van der Waals surface area contributed by atoms with Gasteiger partial charge >= 0.3 is 5.97 Å². The van der Waals surface area contributed by atoms with Crippen LogP contribution in [-0.4, -0.2) is 29.4 Å². The molecule has 138 valence electrons. The summed E-state index contributed by atoms with van der Waals surface area (Å²) in [7, 11) is 1.08. The van der Waals surface area contributed by atoms with Crippen molar-refractivity contribution in [3.05, 3.63) is 87.1 Å². The highest BCUT2D eigenvalue weighted by atomic mass is 35.5. The van der Waals surface area contributed by atoms with Crippen molar-refractivity contribution in [2.45, 2.75) is 11.5 Å². The molecule has 0 fully saturated rings. The lowest BCUT2D eigenvalue weighted by molar-refractivity contribution is -0.431. The number of carbonyl (C=O) groups is 2. The Kier molecular flexibility index (Phi) is 4.72. The molecule has 0 saturated carbocycles. The minimum atomic E-state index is -2.30. The topological polar surface area (TPSA) is 95.7 Å². The predicted molar refractivity (Wildman–Crippen MR) is 96.5 cm³/mol. The molecule has 0 aliphatic carbocycles. The highest BCUT2D eigenvalue weighted by molar-refractivity contribution is 6.30. The average molecular weight is 388 g/mol. The molecule has 1 aliphatic rings. The van der Waals surface area contributed by atoms with Crippen LogP contribution in [0.4, 0.5) is 0 Å². The molecule has 1 aliphatic heterocycles. The van der Waals surface area contributed by atoms with Gasteiger partial charge in [0, 0.05) is 5.02 Å². The first kappa shape index (κ1) is 18.6. The number of benzene rings is 2. The number of Topliss-reactive ketones (excluding diaryl/α,β-unsaturated/α-hetero) is 1. The van der Waals surface area contributed by atoms with E-state index >= 15 is 0 Å². The lowest BCUT2D eigenvalue weighted by Gasteiger charge is -2.31. The Labute approximate surface area is 159 Å². The largest absolute Gasteiger partial charge is 0.466 e. The van der Waals surface area contributed by atoms with Crippen molar-refractivity contribution in [3.8, 4) is 5.75 Å². The quantitative estimate of drug-likeness (QED) is 0.337. The maximum absolute atomic E-state index is 13.2. The van der Waals surface area contributed by atoms with Gasteiger partial charge in [-0.05, 0) is 36.4 Å². The van der Waals surface area contributed by atoms with Gasteiger partial charge < -0.3 is 9.47 Å². The Morgan fingerprint density at radius 3 is 2.44 bits per heavy atom. The summed E-state index contributed by atoms with van der Waals surface area (Å²) in [5.41, 5.74) is -2.47. The minimum absolute atomic E-state index is 0.137. The minimum Gasteiger partial charge on any atom is -0.466 e. The van der Waals surface area contributed by atoms with Crippen LogP contribution in [-0.2, 0) is 9.53 Å². The molecule has 0 spiro atoms. The summed E-state index contributed by atoms with van der Waals surface area (Å²) in [5, 5.41) is 11.9. The Balaban J connectivity index is 2.27. The zero-order chi connectivity index (χ0) is 19.8. The van der Waals surface area contributed by atoms with Crippen LogP contribution in [0.25, 0.3) is 0 Å². The number of rotatable bonds is 5. The van der Waals surface area contributed by atoms with Crippen LogP contribution in [0, 0.1) is 10.1 Å². The molecule has 3 rings (SSSR count). The van der Waals surface area contributed by atoms with Gasteiger partial charge in [0.2, 0.25) is 5.78 Å². The van der Waals surface area contributed by atoms with E-state index < -0.39 is 33.9 Å². The van der Waals surface area contributed by atoms with Gasteiger partial charge in [-0.15, -0.1) is 0 Å². The number of halogens is 1. The first-order valence-corrected chi connectivity index (χ1v) is 8.20. The summed E-state index contributed by atoms with van der Waals surface area (Å²) in [4.78, 5) is 36.8. The van der Waals surface area contributed by atoms with Crippen LogP contribution in [0.5, 0.6) is 5.75 Å². The molecule has 7 nitrogen and oxygen atoms in total. The number of carbonyl (C=O) groups excluding carboxylic acids is 2. The molecule has 2 atom stereocenters. The number of nitrogens with zero attached hydrogens (tertiary/aromatic N) is 1. The Hall–Kier alpha value is -3.19. The second-order valence-electron chi connectivity index (χ2n) is 5.89. The summed E-state index contributed by atoms with van der Waals surface area (Å²) in [6.07, 6.45) is 0. The third-order valence-corrected chi connectivity index (χ3v) is 4.66. The van der Waals surface area contributed by atoms with Gasteiger partial charge in [0.05, 0.1) is 17.6 Å². The number of hydrogen-bond acceptors (Lipinski definition) is 6. The number of esters is 1. The number of nitro groups is 1. The van der Waals surface area contributed by atoms with E-state index in [0.717, 1.165) is 7.11 Å². The fourth-order valence-electron chi connectivity index (χ4n) is 3.18. The van der Waals surface area contributed by atoms with Gasteiger partial charge in [-0.2, -0.15) is 0 Å². The summed E-state index contributed by atoms with van der Waals surface area (Å²) < 4.78 is 10.6. The molecule has 0 saturated heterocycles. The third-order valence-electron chi connectivity index (χ3n) is 4.41. The summed E-state index contributed by atoms with van der Waals surface area (Å²) >= 11 is 5.90. The van der Waals surface area contributed by atoms with Crippen molar-refractivity contribution in [1.82, 2.24) is 0 Å². The maximum atomic E-state index is 13.2. The smallest absolute Gasteiger partial charge is 0.359 e. The SMILES string of the molecule is C=C([C@H](c1ccc(Cl)cc1)[C@@]1(C(=O)OC)Oc2ccccc2C1=O)[N+](=O)[O-]. The van der Waals surface area contributed by atoms with E-state index in [9.17, 15) is 19.7 Å². The van der Waals surface area contributed by atoms with E-state index in [0.29, 0.717) is 5.02 Å². The van der Waals surface area contributed by atoms with Crippen LogP contribution < -0.4 is 4.74 Å². The molecule has 0 unspecified atom stereocenters. The lowest BCUT2D eigenvalue weighted by Crippen LogP contribution is -2.54. The average Bonchev–Trinajstić information content (AvgIpc) is 2.96. The number of para-hydroxylation sites is 1. The van der Waals surface area contributed by atoms with E-state index in [1.165, 1.54) is 36.4 Å². The number of methoxy groups -OCH3 is 1. The van der Waals surface area contributed by atoms with Crippen LogP contribution >= 0.6 is 11.6 Å². The Bertz CT molecular complexity index is 955. The normalized spacial score (nSPS) is 19.0. The van der Waals surface area contributed by atoms with Crippen LogP contribution in [0.2, 0.25) is 5.02 Å². The fourth-order valence-corrected chi connectivity index (χ4v) is 3.31. The van der Waals surface area contributed by atoms with Crippen LogP contribution in [0.3, 0.4) is 0 Å². The molecule has 8 heteroatoms. The standard InChI is InChI=1S/C19H14ClNO6/c1-11(21(24)25)16(12-7-9-13(20)10-8-12)19(18(23)26-2)17(22)14-5-3-4-6-15(14)27-19/h3-10,16H,1H2,2H3/t16-,19-/m1/s1. The third kappa shape index (κ3) is 2.86. The number of fused-ring (bicyclic) bond motifs is 1. The molecule has 1 heterocycles. The van der Waals surface area contributed by atoms with Gasteiger partial charge in [0.15, 0.2) is 0 Å². The second kappa shape index (κ2) is 6.85. The highest BCUT2D eigenvalue weighted by Crippen LogP contribution is 2.46. The first-order valence-electron chi connectivity index (χ1n) is 7.82. The molecule has 27 heavy (non-hydrogen) atoms. The molecule has 0 bridgehead atoms. The molecule has 0 N–H and O–H groups in total. The van der Waals surface area contributed by atoms with Crippen molar-refractivity contribution in [3.63, 3.8) is 0 Å². The zero-order valence-electron chi connectivity index (χ0n) is 14.2. The van der Waals surface area contributed by atoms with Gasteiger partial charge in [-0.3, -0.25) is 14.9 Å². The number of hydrogen-bond donors (Lipinski definition) is 0. The maximum Gasteiger partial charge on any atom is 0.359 e. The summed E-state index contributed by atoms with van der Waals surface area (Å²) in [6.45, 7) is 3.48. The Morgan fingerprint density at radius 2 is 1.89 bits per heavy atom. The van der Waals surface area contributed by atoms with Gasteiger partial charge in [0.25, 0.3) is 11.3 Å². The molecular weight excluding hydrogens is 374 g/mol. The predicted octanol–water partition coefficient (Wildman–Crippen LogP) is 3.40. The van der Waals surface area contributed by atoms with Crippen LogP contribution in [0.15, 0.2) is 60.8 Å². The van der Waals surface area contributed by atoms with E-state index in [-0.39, 0.29) is 16.9 Å². The van der Waals surface area contributed by atoms with Crippen LogP contribution in [0.1, 0.15) is 21.8 Å². The number of ketones is 1. The van der Waals surface area contributed by atoms with E-state index in [1.807, 2.05) is 0 Å². The number of ether oxygens (including phenoxy) is 2. The lowest BCUT2D eigenvalue weighted by atomic mass is 9.76. The second-order valence-corrected chi connectivity index (χ2v) is 6.32. The summed E-state index contributed by atoms with van der Waals surface area (Å²) in [5.74, 6) is -3.06. The monoisotopic (exact) mass is 387 g/mol. The van der Waals surface area contributed by atoms with Crippen molar-refractivity contribution >= 4 is 23.4 Å². The van der Waals surface area contributed by atoms with Crippen molar-refractivity contribution < 1.29 is 24.0 Å². The van der Waals surface area contributed by atoms with E-state index in [2.05, 4.69) is 6.58 Å². The van der Waals surface area contributed by atoms with Gasteiger partial charge in [-0.25, -0.2) is 4.79 Å². The molecule has 0 radical (unpaired) electrons. The zero-order valence-corrected chi connectivity index (χ0v) is 14.9. The molecule has 0 aromatic heterocycles. The van der Waals surface area contributed by atoms with Gasteiger partial charge in [-0.1, -0.05) is 35.9 Å². The molecule has 2 aromatic carbocycles. The van der Waals surface area contributed by atoms with E-state index in [4.69, 9.17) is 21.1 Å². The van der Waals surface area contributed by atoms with Gasteiger partial charge in [0.1, 0.15) is 11.7 Å². The molecule has 0 amide bonds. The first-order chi connectivity index (χ1) is 12.8. The fraction of sp³-hybridized carbons (Fsp3) is 0.158. The van der Waals surface area contributed by atoms with Crippen molar-refractivity contribution in [1.29, 1.82) is 0 Å². The highest BCUT2D eigenvalue weighted by Gasteiger charge is 2.64.